The summed E-state index contributed by atoms with van der Waals surface area (Å²) in [6.45, 7) is 0.900. The highest BCUT2D eigenvalue weighted by atomic mass is 79.9. The summed E-state index contributed by atoms with van der Waals surface area (Å²) in [7, 11) is 0. The molecule has 0 bridgehead atoms. The van der Waals surface area contributed by atoms with E-state index in [0.29, 0.717) is 25.1 Å². The number of rotatable bonds is 8. The van der Waals surface area contributed by atoms with Crippen LogP contribution < -0.4 is 10.6 Å². The van der Waals surface area contributed by atoms with Crippen molar-refractivity contribution in [1.29, 1.82) is 0 Å². The highest BCUT2D eigenvalue weighted by Gasteiger charge is 2.10. The number of hydrogen-bond acceptors (Lipinski definition) is 6. The summed E-state index contributed by atoms with van der Waals surface area (Å²) < 4.78 is 1.03. The maximum absolute atomic E-state index is 12.1. The molecule has 0 saturated carbocycles. The van der Waals surface area contributed by atoms with E-state index in [9.17, 15) is 14.7 Å². The minimum Gasteiger partial charge on any atom is -0.508 e. The molecule has 0 saturated heterocycles. The summed E-state index contributed by atoms with van der Waals surface area (Å²) in [6.07, 6.45) is 0.848. The molecule has 3 aromatic rings. The molecule has 0 spiro atoms. The number of halogens is 1. The molecule has 2 aromatic heterocycles. The van der Waals surface area contributed by atoms with E-state index in [0.717, 1.165) is 20.1 Å². The Balaban J connectivity index is 1.36. The molecule has 0 radical (unpaired) electrons. The largest absolute Gasteiger partial charge is 0.508 e. The SMILES string of the molecule is O=C(Cc1csc(-c2cc(Br)cs2)n1)NCCCNC(=O)c1cccc(O)c1. The molecule has 0 unspecified atom stereocenters. The number of thiophene rings is 1. The number of thiazole rings is 1. The third-order valence-electron chi connectivity index (χ3n) is 3.74. The van der Waals surface area contributed by atoms with Crippen molar-refractivity contribution < 1.29 is 14.7 Å². The standard InChI is InChI=1S/C19H18BrN3O3S2/c20-13-8-16(27-10-13)19-23-14(11-28-19)9-17(25)21-5-2-6-22-18(26)12-3-1-4-15(24)7-12/h1,3-4,7-8,10-11,24H,2,5-6,9H2,(H,21,25)(H,22,26). The lowest BCUT2D eigenvalue weighted by atomic mass is 10.2. The Morgan fingerprint density at radius 2 is 1.93 bits per heavy atom. The van der Waals surface area contributed by atoms with Crippen LogP contribution in [-0.2, 0) is 11.2 Å². The van der Waals surface area contributed by atoms with Gasteiger partial charge in [0.05, 0.1) is 17.0 Å². The van der Waals surface area contributed by atoms with E-state index >= 15 is 0 Å². The first kappa shape index (κ1) is 20.5. The summed E-state index contributed by atoms with van der Waals surface area (Å²) >= 11 is 6.56. The topological polar surface area (TPSA) is 91.3 Å². The number of benzene rings is 1. The van der Waals surface area contributed by atoms with E-state index in [1.54, 1.807) is 23.5 Å². The maximum atomic E-state index is 12.1. The Hall–Kier alpha value is -2.23. The number of nitrogens with one attached hydrogen (secondary N) is 2. The van der Waals surface area contributed by atoms with E-state index in [4.69, 9.17) is 0 Å². The minimum atomic E-state index is -0.252. The highest BCUT2D eigenvalue weighted by Crippen LogP contribution is 2.32. The van der Waals surface area contributed by atoms with Gasteiger partial charge in [0.15, 0.2) is 0 Å². The number of carbonyl (C=O) groups is 2. The molecular formula is C19H18BrN3O3S2. The molecule has 0 aliphatic carbocycles. The predicted molar refractivity (Wildman–Crippen MR) is 115 cm³/mol. The van der Waals surface area contributed by atoms with Gasteiger partial charge in [-0.3, -0.25) is 9.59 Å². The molecule has 0 fully saturated rings. The number of nitrogens with zero attached hydrogens (tertiary/aromatic N) is 1. The number of aromatic hydroxyl groups is 1. The number of phenols is 1. The van der Waals surface area contributed by atoms with Crippen molar-refractivity contribution in [3.05, 3.63) is 56.8 Å². The zero-order chi connectivity index (χ0) is 19.9. The minimum absolute atomic E-state index is 0.0526. The highest BCUT2D eigenvalue weighted by molar-refractivity contribution is 9.10. The number of hydrogen-bond donors (Lipinski definition) is 3. The molecule has 3 rings (SSSR count). The van der Waals surface area contributed by atoms with Crippen molar-refractivity contribution in [3.63, 3.8) is 0 Å². The van der Waals surface area contributed by atoms with Gasteiger partial charge >= 0.3 is 0 Å². The number of carbonyl (C=O) groups excluding carboxylic acids is 2. The summed E-state index contributed by atoms with van der Waals surface area (Å²) in [5.41, 5.74) is 1.15. The molecule has 6 nitrogen and oxygen atoms in total. The van der Waals surface area contributed by atoms with Gasteiger partial charge in [0.1, 0.15) is 10.8 Å². The van der Waals surface area contributed by atoms with Gasteiger partial charge in [-0.1, -0.05) is 6.07 Å². The first-order valence-corrected chi connectivity index (χ1v) is 11.1. The van der Waals surface area contributed by atoms with Crippen LogP contribution in [0.5, 0.6) is 5.75 Å². The third kappa shape index (κ3) is 5.88. The molecule has 2 amide bonds. The van der Waals surface area contributed by atoms with Crippen LogP contribution in [0.25, 0.3) is 9.88 Å². The first-order chi connectivity index (χ1) is 13.5. The number of amides is 2. The molecule has 9 heteroatoms. The van der Waals surface area contributed by atoms with Crippen LogP contribution in [0.1, 0.15) is 22.5 Å². The van der Waals surface area contributed by atoms with Crippen LogP contribution >= 0.6 is 38.6 Å². The van der Waals surface area contributed by atoms with E-state index < -0.39 is 0 Å². The van der Waals surface area contributed by atoms with Crippen molar-refractivity contribution in [1.82, 2.24) is 15.6 Å². The third-order valence-corrected chi connectivity index (χ3v) is 6.49. The Morgan fingerprint density at radius 1 is 1.11 bits per heavy atom. The van der Waals surface area contributed by atoms with Crippen molar-refractivity contribution >= 4 is 50.4 Å². The summed E-state index contributed by atoms with van der Waals surface area (Å²) in [5, 5.41) is 19.8. The van der Waals surface area contributed by atoms with Gasteiger partial charge in [0, 0.05) is 33.9 Å². The van der Waals surface area contributed by atoms with Crippen LogP contribution in [0.2, 0.25) is 0 Å². The fraction of sp³-hybridized carbons (Fsp3) is 0.211. The van der Waals surface area contributed by atoms with Gasteiger partial charge in [-0.2, -0.15) is 0 Å². The zero-order valence-electron chi connectivity index (χ0n) is 14.8. The van der Waals surface area contributed by atoms with Gasteiger partial charge in [-0.15, -0.1) is 22.7 Å². The van der Waals surface area contributed by atoms with E-state index in [2.05, 4.69) is 31.5 Å². The first-order valence-electron chi connectivity index (χ1n) is 8.54. The fourth-order valence-electron chi connectivity index (χ4n) is 2.42. The van der Waals surface area contributed by atoms with Gasteiger partial charge in [-0.05, 0) is 46.6 Å². The second-order valence-electron chi connectivity index (χ2n) is 5.96. The summed E-state index contributed by atoms with van der Waals surface area (Å²) in [5.74, 6) is -0.294. The lowest BCUT2D eigenvalue weighted by Crippen LogP contribution is -2.30. The average Bonchev–Trinajstić information content (AvgIpc) is 3.30. The lowest BCUT2D eigenvalue weighted by Gasteiger charge is -2.07. The fourth-order valence-corrected chi connectivity index (χ4v) is 4.75. The molecule has 146 valence electrons. The van der Waals surface area contributed by atoms with Gasteiger partial charge in [-0.25, -0.2) is 4.98 Å². The zero-order valence-corrected chi connectivity index (χ0v) is 18.0. The van der Waals surface area contributed by atoms with Crippen molar-refractivity contribution in [2.45, 2.75) is 12.8 Å². The molecular weight excluding hydrogens is 462 g/mol. The molecule has 1 aromatic carbocycles. The lowest BCUT2D eigenvalue weighted by molar-refractivity contribution is -0.120. The number of phenolic OH excluding ortho intramolecular Hbond substituents is 1. The van der Waals surface area contributed by atoms with Gasteiger partial charge in [0.2, 0.25) is 5.91 Å². The Kier molecular flexibility index (Phi) is 7.18. The molecule has 0 atom stereocenters. The van der Waals surface area contributed by atoms with Crippen molar-refractivity contribution in [2.24, 2.45) is 0 Å². The normalized spacial score (nSPS) is 10.6. The van der Waals surface area contributed by atoms with E-state index in [-0.39, 0.29) is 24.0 Å². The van der Waals surface area contributed by atoms with Gasteiger partial charge < -0.3 is 15.7 Å². The van der Waals surface area contributed by atoms with Crippen LogP contribution in [0.3, 0.4) is 0 Å². The Labute approximate surface area is 178 Å². The van der Waals surface area contributed by atoms with Crippen molar-refractivity contribution in [3.8, 4) is 15.6 Å². The maximum Gasteiger partial charge on any atom is 0.251 e. The molecule has 0 aliphatic rings. The van der Waals surface area contributed by atoms with Crippen LogP contribution in [0.15, 0.2) is 45.6 Å². The second kappa shape index (κ2) is 9.81. The smallest absolute Gasteiger partial charge is 0.251 e. The number of aromatic nitrogens is 1. The Morgan fingerprint density at radius 3 is 2.68 bits per heavy atom. The Bertz CT molecular complexity index is 971. The predicted octanol–water partition coefficient (Wildman–Crippen LogP) is 3.82. The van der Waals surface area contributed by atoms with Crippen LogP contribution in [0, 0.1) is 0 Å². The van der Waals surface area contributed by atoms with Crippen molar-refractivity contribution in [2.75, 3.05) is 13.1 Å². The van der Waals surface area contributed by atoms with Crippen LogP contribution in [-0.4, -0.2) is 35.0 Å². The average molecular weight is 480 g/mol. The molecule has 3 N–H and O–H groups in total. The van der Waals surface area contributed by atoms with E-state index in [1.165, 1.54) is 23.5 Å². The second-order valence-corrected chi connectivity index (χ2v) is 8.64. The molecule has 0 aliphatic heterocycles. The summed E-state index contributed by atoms with van der Waals surface area (Å²) in [4.78, 5) is 29.6. The molecule has 28 heavy (non-hydrogen) atoms. The monoisotopic (exact) mass is 479 g/mol. The van der Waals surface area contributed by atoms with Gasteiger partial charge in [0.25, 0.3) is 5.91 Å². The van der Waals surface area contributed by atoms with Crippen LogP contribution in [0.4, 0.5) is 0 Å². The molecule has 2 heterocycles. The quantitative estimate of drug-likeness (QED) is 0.428. The summed E-state index contributed by atoms with van der Waals surface area (Å²) in [6, 6.07) is 8.18. The van der Waals surface area contributed by atoms with E-state index in [1.807, 2.05) is 16.8 Å².